The summed E-state index contributed by atoms with van der Waals surface area (Å²) >= 11 is 5.94. The van der Waals surface area contributed by atoms with E-state index in [2.05, 4.69) is 10.1 Å². The zero-order valence-corrected chi connectivity index (χ0v) is 11.1. The first-order chi connectivity index (χ1) is 9.24. The molecular formula is C15H11ClN2O. The smallest absolute Gasteiger partial charge is 0.258 e. The molecule has 94 valence electrons. The van der Waals surface area contributed by atoms with Crippen LogP contribution in [0.1, 0.15) is 5.56 Å². The molecule has 1 aromatic heterocycles. The first-order valence-corrected chi connectivity index (χ1v) is 6.27. The summed E-state index contributed by atoms with van der Waals surface area (Å²) < 4.78 is 5.30. The lowest BCUT2D eigenvalue weighted by atomic mass is 10.1. The number of hydrogen-bond acceptors (Lipinski definition) is 3. The molecule has 0 radical (unpaired) electrons. The van der Waals surface area contributed by atoms with Crippen molar-refractivity contribution in [1.29, 1.82) is 0 Å². The van der Waals surface area contributed by atoms with Gasteiger partial charge in [0.25, 0.3) is 5.89 Å². The number of aromatic nitrogens is 2. The topological polar surface area (TPSA) is 38.9 Å². The van der Waals surface area contributed by atoms with Crippen LogP contribution in [0.25, 0.3) is 22.8 Å². The molecule has 0 fully saturated rings. The monoisotopic (exact) mass is 270 g/mol. The van der Waals surface area contributed by atoms with Gasteiger partial charge in [0.05, 0.1) is 0 Å². The van der Waals surface area contributed by atoms with Crippen LogP contribution in [-0.2, 0) is 0 Å². The van der Waals surface area contributed by atoms with E-state index in [1.807, 2.05) is 55.5 Å². The van der Waals surface area contributed by atoms with Crippen LogP contribution in [-0.4, -0.2) is 10.1 Å². The normalized spacial score (nSPS) is 10.6. The van der Waals surface area contributed by atoms with Gasteiger partial charge in [-0.1, -0.05) is 35.0 Å². The lowest BCUT2D eigenvalue weighted by Gasteiger charge is -2.00. The SMILES string of the molecule is Cc1cc(Cl)ccc1-c1noc(-c2ccccc2)n1. The molecule has 0 aliphatic rings. The highest BCUT2D eigenvalue weighted by Crippen LogP contribution is 2.26. The van der Waals surface area contributed by atoms with E-state index in [4.69, 9.17) is 16.1 Å². The summed E-state index contributed by atoms with van der Waals surface area (Å²) in [5.74, 6) is 1.10. The van der Waals surface area contributed by atoms with E-state index in [9.17, 15) is 0 Å². The summed E-state index contributed by atoms with van der Waals surface area (Å²) in [6.45, 7) is 1.97. The van der Waals surface area contributed by atoms with Crippen molar-refractivity contribution in [3.8, 4) is 22.8 Å². The fourth-order valence-electron chi connectivity index (χ4n) is 1.91. The maximum absolute atomic E-state index is 5.94. The maximum atomic E-state index is 5.94. The summed E-state index contributed by atoms with van der Waals surface area (Å²) in [4.78, 5) is 4.42. The van der Waals surface area contributed by atoms with E-state index in [1.165, 1.54) is 0 Å². The number of halogens is 1. The van der Waals surface area contributed by atoms with Gasteiger partial charge in [0.15, 0.2) is 0 Å². The highest BCUT2D eigenvalue weighted by molar-refractivity contribution is 6.30. The average Bonchev–Trinajstić information content (AvgIpc) is 2.89. The van der Waals surface area contributed by atoms with Gasteiger partial charge >= 0.3 is 0 Å². The van der Waals surface area contributed by atoms with Gasteiger partial charge in [0.1, 0.15) is 0 Å². The fraction of sp³-hybridized carbons (Fsp3) is 0.0667. The number of hydrogen-bond donors (Lipinski definition) is 0. The minimum atomic E-state index is 0.518. The standard InChI is InChI=1S/C15H11ClN2O/c1-10-9-12(16)7-8-13(10)14-17-15(19-18-14)11-5-3-2-4-6-11/h2-9H,1H3. The highest BCUT2D eigenvalue weighted by Gasteiger charge is 2.12. The molecule has 0 amide bonds. The van der Waals surface area contributed by atoms with E-state index in [1.54, 1.807) is 0 Å². The summed E-state index contributed by atoms with van der Waals surface area (Å²) in [5, 5.41) is 4.73. The van der Waals surface area contributed by atoms with Crippen molar-refractivity contribution in [3.63, 3.8) is 0 Å². The van der Waals surface area contributed by atoms with Gasteiger partial charge in [-0.3, -0.25) is 0 Å². The number of nitrogens with zero attached hydrogens (tertiary/aromatic N) is 2. The van der Waals surface area contributed by atoms with Gasteiger partial charge in [-0.25, -0.2) is 0 Å². The number of aryl methyl sites for hydroxylation is 1. The first-order valence-electron chi connectivity index (χ1n) is 5.90. The van der Waals surface area contributed by atoms with Crippen molar-refractivity contribution < 1.29 is 4.52 Å². The molecule has 0 atom stereocenters. The second-order valence-corrected chi connectivity index (χ2v) is 4.68. The molecule has 2 aromatic carbocycles. The van der Waals surface area contributed by atoms with Gasteiger partial charge in [-0.05, 0) is 42.8 Å². The van der Waals surface area contributed by atoms with Crippen LogP contribution in [0.3, 0.4) is 0 Å². The largest absolute Gasteiger partial charge is 0.334 e. The summed E-state index contributed by atoms with van der Waals surface area (Å²) in [6, 6.07) is 15.3. The lowest BCUT2D eigenvalue weighted by Crippen LogP contribution is -1.85. The van der Waals surface area contributed by atoms with Crippen molar-refractivity contribution in [1.82, 2.24) is 10.1 Å². The van der Waals surface area contributed by atoms with Gasteiger partial charge in [-0.15, -0.1) is 0 Å². The molecule has 0 N–H and O–H groups in total. The first kappa shape index (κ1) is 11.9. The molecule has 0 saturated carbocycles. The molecule has 3 nitrogen and oxygen atoms in total. The predicted octanol–water partition coefficient (Wildman–Crippen LogP) is 4.37. The van der Waals surface area contributed by atoms with Crippen molar-refractivity contribution in [2.45, 2.75) is 6.92 Å². The average molecular weight is 271 g/mol. The van der Waals surface area contributed by atoms with E-state index in [-0.39, 0.29) is 0 Å². The Labute approximate surface area is 115 Å². The third kappa shape index (κ3) is 2.37. The second-order valence-electron chi connectivity index (χ2n) is 4.25. The Balaban J connectivity index is 2.02. The molecule has 1 heterocycles. The summed E-state index contributed by atoms with van der Waals surface area (Å²) in [5.41, 5.74) is 2.86. The quantitative estimate of drug-likeness (QED) is 0.694. The molecule has 0 aliphatic carbocycles. The van der Waals surface area contributed by atoms with Crippen LogP contribution in [0.5, 0.6) is 0 Å². The molecular weight excluding hydrogens is 260 g/mol. The molecule has 4 heteroatoms. The Bertz CT molecular complexity index is 707. The third-order valence-electron chi connectivity index (χ3n) is 2.88. The van der Waals surface area contributed by atoms with Gasteiger partial charge in [-0.2, -0.15) is 4.98 Å². The zero-order valence-electron chi connectivity index (χ0n) is 10.3. The van der Waals surface area contributed by atoms with Crippen LogP contribution in [0.2, 0.25) is 5.02 Å². The van der Waals surface area contributed by atoms with E-state index >= 15 is 0 Å². The molecule has 0 unspecified atom stereocenters. The molecule has 0 saturated heterocycles. The van der Waals surface area contributed by atoms with Crippen LogP contribution < -0.4 is 0 Å². The molecule has 19 heavy (non-hydrogen) atoms. The second kappa shape index (κ2) is 4.86. The van der Waals surface area contributed by atoms with Gasteiger partial charge < -0.3 is 4.52 Å². The number of rotatable bonds is 2. The van der Waals surface area contributed by atoms with Gasteiger partial charge in [0.2, 0.25) is 5.82 Å². The minimum Gasteiger partial charge on any atom is -0.334 e. The molecule has 3 aromatic rings. The van der Waals surface area contributed by atoms with Crippen molar-refractivity contribution >= 4 is 11.6 Å². The maximum Gasteiger partial charge on any atom is 0.258 e. The Morgan fingerprint density at radius 2 is 1.84 bits per heavy atom. The minimum absolute atomic E-state index is 0.518. The zero-order chi connectivity index (χ0) is 13.2. The Hall–Kier alpha value is -2.13. The molecule has 0 aliphatic heterocycles. The Morgan fingerprint density at radius 1 is 1.05 bits per heavy atom. The Kier molecular flexibility index (Phi) is 3.05. The van der Waals surface area contributed by atoms with E-state index in [0.717, 1.165) is 16.7 Å². The summed E-state index contributed by atoms with van der Waals surface area (Å²) in [6.07, 6.45) is 0. The number of benzene rings is 2. The lowest BCUT2D eigenvalue weighted by molar-refractivity contribution is 0.432. The van der Waals surface area contributed by atoms with Crippen LogP contribution in [0, 0.1) is 6.92 Å². The van der Waals surface area contributed by atoms with Crippen molar-refractivity contribution in [2.24, 2.45) is 0 Å². The molecule has 3 rings (SSSR count). The van der Waals surface area contributed by atoms with Gasteiger partial charge in [0, 0.05) is 16.1 Å². The van der Waals surface area contributed by atoms with Crippen molar-refractivity contribution in [2.75, 3.05) is 0 Å². The van der Waals surface area contributed by atoms with Crippen molar-refractivity contribution in [3.05, 3.63) is 59.1 Å². The molecule has 0 bridgehead atoms. The summed E-state index contributed by atoms with van der Waals surface area (Å²) in [7, 11) is 0. The molecule has 0 spiro atoms. The fourth-order valence-corrected chi connectivity index (χ4v) is 2.14. The van der Waals surface area contributed by atoms with E-state index in [0.29, 0.717) is 16.7 Å². The predicted molar refractivity (Wildman–Crippen MR) is 74.9 cm³/mol. The van der Waals surface area contributed by atoms with Crippen LogP contribution in [0.4, 0.5) is 0 Å². The third-order valence-corrected chi connectivity index (χ3v) is 3.11. The highest BCUT2D eigenvalue weighted by atomic mass is 35.5. The Morgan fingerprint density at radius 3 is 2.58 bits per heavy atom. The van der Waals surface area contributed by atoms with E-state index < -0.39 is 0 Å². The van der Waals surface area contributed by atoms with Crippen LogP contribution in [0.15, 0.2) is 53.1 Å². The van der Waals surface area contributed by atoms with Crippen LogP contribution >= 0.6 is 11.6 Å².